The van der Waals surface area contributed by atoms with Crippen LogP contribution in [0.25, 0.3) is 0 Å². The first-order valence-corrected chi connectivity index (χ1v) is 7.28. The topological polar surface area (TPSA) is 130 Å². The Hall–Kier alpha value is -2.38. The van der Waals surface area contributed by atoms with Gasteiger partial charge in [0.05, 0.1) is 13.2 Å². The van der Waals surface area contributed by atoms with E-state index in [0.29, 0.717) is 0 Å². The number of carbonyl (C=O) groups is 2. The second kappa shape index (κ2) is 8.81. The molecule has 1 rings (SSSR count). The van der Waals surface area contributed by atoms with Crippen LogP contribution >= 0.6 is 0 Å². The molecule has 22 heavy (non-hydrogen) atoms. The van der Waals surface area contributed by atoms with E-state index in [-0.39, 0.29) is 36.2 Å². The minimum Gasteiger partial charge on any atom is -0.461 e. The predicted octanol–water partition coefficient (Wildman–Crippen LogP) is 1.55. The maximum Gasteiger partial charge on any atom is 0.360 e. The standard InChI is InChI=1S/C14H22N4O4/c1-3-5-7-21-13(19)9-11(15)18-10(12(16)17-9)14(20)22-8-6-4-2/h3-8H2,1-2H3,(H2,16,17)(H2,15,18). The summed E-state index contributed by atoms with van der Waals surface area (Å²) in [6, 6.07) is 0. The number of aromatic nitrogens is 2. The number of esters is 2. The van der Waals surface area contributed by atoms with Crippen LogP contribution in [0.4, 0.5) is 11.6 Å². The largest absolute Gasteiger partial charge is 0.461 e. The number of hydrogen-bond donors (Lipinski definition) is 2. The van der Waals surface area contributed by atoms with Gasteiger partial charge in [0.15, 0.2) is 23.0 Å². The lowest BCUT2D eigenvalue weighted by Gasteiger charge is -2.09. The lowest BCUT2D eigenvalue weighted by Crippen LogP contribution is -2.19. The summed E-state index contributed by atoms with van der Waals surface area (Å²) in [5.74, 6) is -1.84. The molecule has 122 valence electrons. The molecule has 8 nitrogen and oxygen atoms in total. The number of nitrogens with zero attached hydrogens (tertiary/aromatic N) is 2. The van der Waals surface area contributed by atoms with Gasteiger partial charge in [-0.15, -0.1) is 0 Å². The second-order valence-electron chi connectivity index (χ2n) is 4.67. The minimum atomic E-state index is -0.712. The van der Waals surface area contributed by atoms with Crippen molar-refractivity contribution in [3.63, 3.8) is 0 Å². The van der Waals surface area contributed by atoms with Crippen molar-refractivity contribution in [3.8, 4) is 0 Å². The van der Waals surface area contributed by atoms with Crippen molar-refractivity contribution in [2.24, 2.45) is 0 Å². The van der Waals surface area contributed by atoms with Crippen molar-refractivity contribution in [3.05, 3.63) is 11.4 Å². The highest BCUT2D eigenvalue weighted by Gasteiger charge is 2.22. The van der Waals surface area contributed by atoms with Gasteiger partial charge in [-0.25, -0.2) is 19.6 Å². The molecule has 0 aromatic carbocycles. The van der Waals surface area contributed by atoms with Crippen LogP contribution in [0.1, 0.15) is 60.5 Å². The monoisotopic (exact) mass is 310 g/mol. The first kappa shape index (κ1) is 17.7. The maximum atomic E-state index is 11.8. The smallest absolute Gasteiger partial charge is 0.360 e. The summed E-state index contributed by atoms with van der Waals surface area (Å²) < 4.78 is 9.98. The van der Waals surface area contributed by atoms with E-state index in [9.17, 15) is 9.59 Å². The SMILES string of the molecule is CCCCOC(=O)c1nc(N)c(C(=O)OCCCC)nc1N. The zero-order valence-electron chi connectivity index (χ0n) is 12.9. The number of rotatable bonds is 8. The fourth-order valence-corrected chi connectivity index (χ4v) is 1.52. The molecule has 0 amide bonds. The first-order valence-electron chi connectivity index (χ1n) is 7.28. The third-order valence-electron chi connectivity index (χ3n) is 2.80. The molecule has 0 spiro atoms. The highest BCUT2D eigenvalue weighted by atomic mass is 16.5. The van der Waals surface area contributed by atoms with Crippen molar-refractivity contribution in [1.29, 1.82) is 0 Å². The summed E-state index contributed by atoms with van der Waals surface area (Å²) in [7, 11) is 0. The van der Waals surface area contributed by atoms with Crippen molar-refractivity contribution in [2.45, 2.75) is 39.5 Å². The molecular formula is C14H22N4O4. The number of ether oxygens (including phenoxy) is 2. The molecule has 0 aliphatic carbocycles. The van der Waals surface area contributed by atoms with Crippen molar-refractivity contribution in [2.75, 3.05) is 24.7 Å². The van der Waals surface area contributed by atoms with Crippen LogP contribution in [-0.2, 0) is 9.47 Å². The van der Waals surface area contributed by atoms with Crippen LogP contribution in [0.3, 0.4) is 0 Å². The zero-order valence-corrected chi connectivity index (χ0v) is 12.9. The number of carbonyl (C=O) groups excluding carboxylic acids is 2. The Balaban J connectivity index is 2.82. The van der Waals surface area contributed by atoms with Crippen LogP contribution in [0.2, 0.25) is 0 Å². The quantitative estimate of drug-likeness (QED) is 0.546. The van der Waals surface area contributed by atoms with Crippen LogP contribution < -0.4 is 11.5 Å². The maximum absolute atomic E-state index is 11.8. The van der Waals surface area contributed by atoms with Gasteiger partial charge in [-0.3, -0.25) is 0 Å². The highest BCUT2D eigenvalue weighted by Crippen LogP contribution is 2.15. The molecule has 0 radical (unpaired) electrons. The molecule has 0 saturated heterocycles. The van der Waals surface area contributed by atoms with E-state index in [0.717, 1.165) is 25.7 Å². The third kappa shape index (κ3) is 4.87. The molecule has 0 saturated carbocycles. The van der Waals surface area contributed by atoms with Crippen LogP contribution in [0.5, 0.6) is 0 Å². The van der Waals surface area contributed by atoms with Crippen molar-refractivity contribution >= 4 is 23.6 Å². The van der Waals surface area contributed by atoms with Gasteiger partial charge in [-0.1, -0.05) is 26.7 Å². The molecule has 4 N–H and O–H groups in total. The van der Waals surface area contributed by atoms with E-state index < -0.39 is 11.9 Å². The molecule has 0 aliphatic heterocycles. The Bertz CT molecular complexity index is 486. The first-order chi connectivity index (χ1) is 10.5. The lowest BCUT2D eigenvalue weighted by atomic mass is 10.3. The molecule has 8 heteroatoms. The van der Waals surface area contributed by atoms with E-state index in [2.05, 4.69) is 9.97 Å². The molecule has 0 fully saturated rings. The Kier molecular flexibility index (Phi) is 7.07. The Morgan fingerprint density at radius 3 is 1.55 bits per heavy atom. The highest BCUT2D eigenvalue weighted by molar-refractivity contribution is 5.96. The fraction of sp³-hybridized carbons (Fsp3) is 0.571. The third-order valence-corrected chi connectivity index (χ3v) is 2.80. The summed E-state index contributed by atoms with van der Waals surface area (Å²) in [5.41, 5.74) is 10.9. The number of hydrogen-bond acceptors (Lipinski definition) is 8. The average molecular weight is 310 g/mol. The van der Waals surface area contributed by atoms with Crippen molar-refractivity contribution in [1.82, 2.24) is 9.97 Å². The summed E-state index contributed by atoms with van der Waals surface area (Å²) >= 11 is 0. The normalized spacial score (nSPS) is 10.3. The van der Waals surface area contributed by atoms with Crippen LogP contribution in [0.15, 0.2) is 0 Å². The lowest BCUT2D eigenvalue weighted by molar-refractivity contribution is 0.0476. The molecular weight excluding hydrogens is 288 g/mol. The Labute approximate surface area is 129 Å². The van der Waals surface area contributed by atoms with Crippen LogP contribution in [0, 0.1) is 0 Å². The molecule has 0 bridgehead atoms. The molecule has 1 heterocycles. The zero-order chi connectivity index (χ0) is 16.5. The summed E-state index contributed by atoms with van der Waals surface area (Å²) in [5, 5.41) is 0. The van der Waals surface area contributed by atoms with E-state index in [4.69, 9.17) is 20.9 Å². The van der Waals surface area contributed by atoms with Gasteiger partial charge >= 0.3 is 11.9 Å². The van der Waals surface area contributed by atoms with Gasteiger partial charge in [-0.2, -0.15) is 0 Å². The van der Waals surface area contributed by atoms with Gasteiger partial charge in [0.1, 0.15) is 0 Å². The van der Waals surface area contributed by atoms with Gasteiger partial charge in [0.25, 0.3) is 0 Å². The van der Waals surface area contributed by atoms with E-state index in [1.165, 1.54) is 0 Å². The summed E-state index contributed by atoms with van der Waals surface area (Å²) in [6.07, 6.45) is 3.24. The average Bonchev–Trinajstić information content (AvgIpc) is 2.49. The van der Waals surface area contributed by atoms with E-state index in [1.807, 2.05) is 13.8 Å². The Morgan fingerprint density at radius 2 is 1.23 bits per heavy atom. The predicted molar refractivity (Wildman–Crippen MR) is 81.2 cm³/mol. The fourth-order valence-electron chi connectivity index (χ4n) is 1.52. The number of nitrogens with two attached hydrogens (primary N) is 2. The van der Waals surface area contributed by atoms with E-state index in [1.54, 1.807) is 0 Å². The van der Waals surface area contributed by atoms with Crippen LogP contribution in [-0.4, -0.2) is 35.1 Å². The molecule has 0 aliphatic rings. The molecule has 0 atom stereocenters. The summed E-state index contributed by atoms with van der Waals surface area (Å²) in [6.45, 7) is 4.46. The van der Waals surface area contributed by atoms with Gasteiger partial charge in [0, 0.05) is 0 Å². The number of anilines is 2. The second-order valence-corrected chi connectivity index (χ2v) is 4.67. The molecule has 1 aromatic heterocycles. The molecule has 0 unspecified atom stereocenters. The van der Waals surface area contributed by atoms with E-state index >= 15 is 0 Å². The minimum absolute atomic E-state index is 0.196. The van der Waals surface area contributed by atoms with Gasteiger partial charge in [0.2, 0.25) is 0 Å². The van der Waals surface area contributed by atoms with Gasteiger partial charge < -0.3 is 20.9 Å². The number of nitrogen functional groups attached to an aromatic ring is 2. The number of unbranched alkanes of at least 4 members (excludes halogenated alkanes) is 2. The van der Waals surface area contributed by atoms with Crippen molar-refractivity contribution < 1.29 is 19.1 Å². The Morgan fingerprint density at radius 1 is 0.864 bits per heavy atom. The molecule has 1 aromatic rings. The van der Waals surface area contributed by atoms with Gasteiger partial charge in [-0.05, 0) is 12.8 Å². The summed E-state index contributed by atoms with van der Waals surface area (Å²) in [4.78, 5) is 31.2.